The number of para-hydroxylation sites is 1. The minimum Gasteiger partial charge on any atom is -0.371 e. The minimum absolute atomic E-state index is 0.455. The van der Waals surface area contributed by atoms with Gasteiger partial charge in [-0.05, 0) is 37.7 Å². The fourth-order valence-corrected chi connectivity index (χ4v) is 2.10. The van der Waals surface area contributed by atoms with Crippen molar-refractivity contribution in [3.63, 3.8) is 0 Å². The zero-order chi connectivity index (χ0) is 13.2. The van der Waals surface area contributed by atoms with E-state index in [-0.39, 0.29) is 0 Å². The van der Waals surface area contributed by atoms with Crippen molar-refractivity contribution >= 4 is 12.2 Å². The summed E-state index contributed by atoms with van der Waals surface area (Å²) in [5.41, 5.74) is 0.534. The van der Waals surface area contributed by atoms with Crippen molar-refractivity contribution in [2.45, 2.75) is 25.9 Å². The third kappa shape index (κ3) is 2.11. The van der Waals surface area contributed by atoms with Crippen LogP contribution >= 0.6 is 12.2 Å². The molecule has 18 heavy (non-hydrogen) atoms. The molecule has 1 heterocycles. The van der Waals surface area contributed by atoms with Crippen LogP contribution in [0.2, 0.25) is 0 Å². The Morgan fingerprint density at radius 2 is 2.06 bits per heavy atom. The van der Waals surface area contributed by atoms with Crippen molar-refractivity contribution in [1.82, 2.24) is 14.8 Å². The monoisotopic (exact) mass is 263 g/mol. The van der Waals surface area contributed by atoms with E-state index in [1.54, 1.807) is 7.11 Å². The van der Waals surface area contributed by atoms with Gasteiger partial charge >= 0.3 is 0 Å². The Morgan fingerprint density at radius 3 is 2.61 bits per heavy atom. The van der Waals surface area contributed by atoms with E-state index < -0.39 is 5.60 Å². The minimum atomic E-state index is -0.455. The second kappa shape index (κ2) is 5.04. The van der Waals surface area contributed by atoms with Gasteiger partial charge in [0.25, 0.3) is 0 Å². The summed E-state index contributed by atoms with van der Waals surface area (Å²) in [5.74, 6) is 0.795. The molecule has 0 aliphatic heterocycles. The molecular weight excluding hydrogens is 246 g/mol. The Labute approximate surface area is 112 Å². The Bertz CT molecular complexity index is 569. The van der Waals surface area contributed by atoms with Gasteiger partial charge in [0.15, 0.2) is 10.6 Å². The fourth-order valence-electron chi connectivity index (χ4n) is 1.86. The largest absolute Gasteiger partial charge is 0.371 e. The SMILES string of the molecule is CCC(C)(OC)c1n[nH]c(=S)n1-c1ccccc1. The molecule has 1 atom stereocenters. The van der Waals surface area contributed by atoms with E-state index in [0.29, 0.717) is 4.77 Å². The molecule has 2 rings (SSSR count). The third-order valence-electron chi connectivity index (χ3n) is 3.28. The Hall–Kier alpha value is -1.46. The number of nitrogens with one attached hydrogen (secondary N) is 1. The van der Waals surface area contributed by atoms with Crippen molar-refractivity contribution in [3.8, 4) is 5.69 Å². The van der Waals surface area contributed by atoms with Gasteiger partial charge in [-0.25, -0.2) is 0 Å². The van der Waals surface area contributed by atoms with Crippen LogP contribution in [0.1, 0.15) is 26.1 Å². The molecule has 0 saturated heterocycles. The molecular formula is C13H17N3OS. The van der Waals surface area contributed by atoms with Crippen LogP contribution < -0.4 is 0 Å². The van der Waals surface area contributed by atoms with Crippen molar-refractivity contribution in [3.05, 3.63) is 40.9 Å². The van der Waals surface area contributed by atoms with Crippen LogP contribution in [0.5, 0.6) is 0 Å². The van der Waals surface area contributed by atoms with E-state index in [1.807, 2.05) is 41.8 Å². The third-order valence-corrected chi connectivity index (χ3v) is 3.56. The van der Waals surface area contributed by atoms with Crippen LogP contribution in [-0.2, 0) is 10.3 Å². The Balaban J connectivity index is 2.63. The first-order chi connectivity index (χ1) is 8.62. The number of hydrogen-bond donors (Lipinski definition) is 1. The molecule has 96 valence electrons. The molecule has 5 heteroatoms. The average molecular weight is 263 g/mol. The molecule has 0 saturated carbocycles. The van der Waals surface area contributed by atoms with E-state index in [0.717, 1.165) is 17.9 Å². The summed E-state index contributed by atoms with van der Waals surface area (Å²) < 4.78 is 8.09. The van der Waals surface area contributed by atoms with Crippen molar-refractivity contribution < 1.29 is 4.74 Å². The van der Waals surface area contributed by atoms with E-state index in [9.17, 15) is 0 Å². The maximum absolute atomic E-state index is 5.60. The van der Waals surface area contributed by atoms with Gasteiger partial charge in [-0.2, -0.15) is 5.10 Å². The first-order valence-corrected chi connectivity index (χ1v) is 6.31. The number of hydrogen-bond acceptors (Lipinski definition) is 3. The summed E-state index contributed by atoms with van der Waals surface area (Å²) in [6.45, 7) is 4.08. The van der Waals surface area contributed by atoms with Crippen molar-refractivity contribution in [1.29, 1.82) is 0 Å². The maximum atomic E-state index is 5.60. The van der Waals surface area contributed by atoms with Crippen LogP contribution in [0.25, 0.3) is 5.69 Å². The highest BCUT2D eigenvalue weighted by atomic mass is 32.1. The smallest absolute Gasteiger partial charge is 0.199 e. The van der Waals surface area contributed by atoms with Gasteiger partial charge in [0.05, 0.1) is 0 Å². The lowest BCUT2D eigenvalue weighted by atomic mass is 10.0. The standard InChI is InChI=1S/C13H17N3OS/c1-4-13(2,17-3)11-14-15-12(18)16(11)10-8-6-5-7-9-10/h5-9H,4H2,1-3H3,(H,15,18). The molecule has 1 unspecified atom stereocenters. The summed E-state index contributed by atoms with van der Waals surface area (Å²) in [7, 11) is 1.69. The van der Waals surface area contributed by atoms with E-state index in [1.165, 1.54) is 0 Å². The van der Waals surface area contributed by atoms with E-state index >= 15 is 0 Å². The van der Waals surface area contributed by atoms with Crippen LogP contribution in [0.4, 0.5) is 0 Å². The Morgan fingerprint density at radius 1 is 1.39 bits per heavy atom. The zero-order valence-electron chi connectivity index (χ0n) is 10.8. The summed E-state index contributed by atoms with van der Waals surface area (Å²) in [4.78, 5) is 0. The van der Waals surface area contributed by atoms with Crippen LogP contribution in [-0.4, -0.2) is 21.9 Å². The number of H-pyrrole nitrogens is 1. The molecule has 1 aromatic heterocycles. The van der Waals surface area contributed by atoms with Crippen LogP contribution in [0.3, 0.4) is 0 Å². The van der Waals surface area contributed by atoms with Gasteiger partial charge in [0.2, 0.25) is 0 Å². The highest BCUT2D eigenvalue weighted by Crippen LogP contribution is 2.28. The predicted octanol–water partition coefficient (Wildman–Crippen LogP) is 3.20. The molecule has 0 radical (unpaired) electrons. The zero-order valence-corrected chi connectivity index (χ0v) is 11.6. The van der Waals surface area contributed by atoms with Crippen LogP contribution in [0, 0.1) is 4.77 Å². The molecule has 2 aromatic rings. The molecule has 0 amide bonds. The van der Waals surface area contributed by atoms with Gasteiger partial charge in [0.1, 0.15) is 5.60 Å². The normalized spacial score (nSPS) is 14.4. The quantitative estimate of drug-likeness (QED) is 0.861. The molecule has 0 spiro atoms. The highest BCUT2D eigenvalue weighted by Gasteiger charge is 2.30. The second-order valence-corrected chi connectivity index (χ2v) is 4.70. The summed E-state index contributed by atoms with van der Waals surface area (Å²) in [6.07, 6.45) is 0.815. The van der Waals surface area contributed by atoms with Gasteiger partial charge in [-0.15, -0.1) is 0 Å². The number of ether oxygens (including phenoxy) is 1. The average Bonchev–Trinajstić information content (AvgIpc) is 2.81. The fraction of sp³-hybridized carbons (Fsp3) is 0.385. The topological polar surface area (TPSA) is 42.8 Å². The summed E-state index contributed by atoms with van der Waals surface area (Å²) >= 11 is 5.31. The molecule has 1 aromatic carbocycles. The van der Waals surface area contributed by atoms with E-state index in [4.69, 9.17) is 17.0 Å². The number of benzene rings is 1. The maximum Gasteiger partial charge on any atom is 0.199 e. The van der Waals surface area contributed by atoms with Crippen molar-refractivity contribution in [2.75, 3.05) is 7.11 Å². The molecule has 0 bridgehead atoms. The first-order valence-electron chi connectivity index (χ1n) is 5.91. The van der Waals surface area contributed by atoms with Gasteiger partial charge < -0.3 is 4.74 Å². The first kappa shape index (κ1) is 13.0. The summed E-state index contributed by atoms with van der Waals surface area (Å²) in [5, 5.41) is 7.17. The highest BCUT2D eigenvalue weighted by molar-refractivity contribution is 7.71. The van der Waals surface area contributed by atoms with Crippen molar-refractivity contribution in [2.24, 2.45) is 0 Å². The Kier molecular flexibility index (Phi) is 3.63. The molecule has 1 N–H and O–H groups in total. The van der Waals surface area contributed by atoms with E-state index in [2.05, 4.69) is 17.1 Å². The number of aromatic nitrogens is 3. The second-order valence-electron chi connectivity index (χ2n) is 4.31. The molecule has 4 nitrogen and oxygen atoms in total. The number of nitrogens with zero attached hydrogens (tertiary/aromatic N) is 2. The lowest BCUT2D eigenvalue weighted by molar-refractivity contribution is -0.0104. The van der Waals surface area contributed by atoms with Gasteiger partial charge in [-0.1, -0.05) is 25.1 Å². The molecule has 0 fully saturated rings. The number of aromatic amines is 1. The lowest BCUT2D eigenvalue weighted by Gasteiger charge is -2.26. The molecule has 0 aliphatic carbocycles. The number of rotatable bonds is 4. The van der Waals surface area contributed by atoms with Gasteiger partial charge in [-0.3, -0.25) is 9.67 Å². The number of methoxy groups -OCH3 is 1. The lowest BCUT2D eigenvalue weighted by Crippen LogP contribution is -2.27. The van der Waals surface area contributed by atoms with Crippen LogP contribution in [0.15, 0.2) is 30.3 Å². The molecule has 0 aliphatic rings. The summed E-state index contributed by atoms with van der Waals surface area (Å²) in [6, 6.07) is 9.93. The van der Waals surface area contributed by atoms with Gasteiger partial charge in [0, 0.05) is 12.8 Å². The predicted molar refractivity (Wildman–Crippen MR) is 73.4 cm³/mol.